The molecule has 0 unspecified atom stereocenters. The summed E-state index contributed by atoms with van der Waals surface area (Å²) in [4.78, 5) is 4.24. The number of aromatic nitrogens is 1. The van der Waals surface area contributed by atoms with Crippen LogP contribution >= 0.6 is 0 Å². The van der Waals surface area contributed by atoms with E-state index in [1.807, 2.05) is 43.5 Å². The van der Waals surface area contributed by atoms with Crippen molar-refractivity contribution >= 4 is 0 Å². The van der Waals surface area contributed by atoms with Crippen molar-refractivity contribution in [2.24, 2.45) is 0 Å². The zero-order chi connectivity index (χ0) is 14.5. The molecule has 1 saturated carbocycles. The Hall–Kier alpha value is -2.07. The zero-order valence-corrected chi connectivity index (χ0v) is 12.2. The minimum atomic E-state index is 0.667. The Morgan fingerprint density at radius 1 is 1.10 bits per heavy atom. The average molecular weight is 284 g/mol. The molecule has 0 spiro atoms. The van der Waals surface area contributed by atoms with Crippen LogP contribution < -0.4 is 14.8 Å². The molecule has 0 radical (unpaired) electrons. The molecule has 110 valence electrons. The number of nitrogens with zero attached hydrogens (tertiary/aromatic N) is 1. The first-order chi connectivity index (χ1) is 10.3. The highest BCUT2D eigenvalue weighted by Gasteiger charge is 2.19. The van der Waals surface area contributed by atoms with Crippen molar-refractivity contribution in [3.05, 3.63) is 48.3 Å². The fourth-order valence-corrected chi connectivity index (χ4v) is 2.07. The first-order valence-electron chi connectivity index (χ1n) is 7.41. The molecule has 0 aliphatic heterocycles. The number of benzene rings is 1. The molecule has 1 N–H and O–H groups in total. The molecule has 0 amide bonds. The normalized spacial score (nSPS) is 14.0. The molecule has 1 aromatic carbocycles. The van der Waals surface area contributed by atoms with Crippen LogP contribution in [0.3, 0.4) is 0 Å². The van der Waals surface area contributed by atoms with Gasteiger partial charge in [-0.2, -0.15) is 0 Å². The van der Waals surface area contributed by atoms with E-state index in [2.05, 4.69) is 10.3 Å². The number of hydrogen-bond acceptors (Lipinski definition) is 4. The molecule has 0 bridgehead atoms. The number of ether oxygens (including phenoxy) is 2. The minimum Gasteiger partial charge on any atom is -0.494 e. The van der Waals surface area contributed by atoms with Crippen molar-refractivity contribution < 1.29 is 9.47 Å². The lowest BCUT2D eigenvalue weighted by Gasteiger charge is -2.09. The fraction of sp³-hybridized carbons (Fsp3) is 0.353. The SMILES string of the molecule is CCOc1ccc(Oc2cncc(CNC3CC3)c2)cc1. The third-order valence-electron chi connectivity index (χ3n) is 3.31. The Bertz CT molecular complexity index is 580. The van der Waals surface area contributed by atoms with Crippen LogP contribution in [0.5, 0.6) is 17.2 Å². The number of hydrogen-bond donors (Lipinski definition) is 1. The minimum absolute atomic E-state index is 0.667. The third-order valence-corrected chi connectivity index (χ3v) is 3.31. The van der Waals surface area contributed by atoms with Crippen LogP contribution in [-0.4, -0.2) is 17.6 Å². The van der Waals surface area contributed by atoms with Gasteiger partial charge < -0.3 is 14.8 Å². The molecule has 2 aromatic rings. The molecule has 1 aromatic heterocycles. The first kappa shape index (κ1) is 13.9. The van der Waals surface area contributed by atoms with Crippen molar-refractivity contribution in [1.29, 1.82) is 0 Å². The van der Waals surface area contributed by atoms with Crippen LogP contribution in [0.15, 0.2) is 42.7 Å². The van der Waals surface area contributed by atoms with Gasteiger partial charge in [0.15, 0.2) is 0 Å². The summed E-state index contributed by atoms with van der Waals surface area (Å²) in [5, 5.41) is 3.47. The van der Waals surface area contributed by atoms with Crippen LogP contribution in [0.4, 0.5) is 0 Å². The second-order valence-corrected chi connectivity index (χ2v) is 5.19. The molecule has 4 heteroatoms. The Labute approximate surface area is 125 Å². The van der Waals surface area contributed by atoms with Crippen LogP contribution in [0.25, 0.3) is 0 Å². The summed E-state index contributed by atoms with van der Waals surface area (Å²) in [5.74, 6) is 2.40. The molecule has 3 rings (SSSR count). The highest BCUT2D eigenvalue weighted by Crippen LogP contribution is 2.24. The topological polar surface area (TPSA) is 43.4 Å². The maximum Gasteiger partial charge on any atom is 0.146 e. The van der Waals surface area contributed by atoms with Gasteiger partial charge in [0.05, 0.1) is 12.8 Å². The highest BCUT2D eigenvalue weighted by molar-refractivity contribution is 5.35. The van der Waals surface area contributed by atoms with Gasteiger partial charge >= 0.3 is 0 Å². The maximum atomic E-state index is 5.83. The number of pyridine rings is 1. The number of rotatable bonds is 7. The Kier molecular flexibility index (Phi) is 4.36. The van der Waals surface area contributed by atoms with E-state index in [9.17, 15) is 0 Å². The van der Waals surface area contributed by atoms with Gasteiger partial charge in [-0.1, -0.05) is 0 Å². The summed E-state index contributed by atoms with van der Waals surface area (Å²) < 4.78 is 11.2. The lowest BCUT2D eigenvalue weighted by molar-refractivity contribution is 0.339. The van der Waals surface area contributed by atoms with Crippen molar-refractivity contribution in [2.45, 2.75) is 32.4 Å². The second-order valence-electron chi connectivity index (χ2n) is 5.19. The molecule has 0 atom stereocenters. The second kappa shape index (κ2) is 6.59. The van der Waals surface area contributed by atoms with E-state index < -0.39 is 0 Å². The first-order valence-corrected chi connectivity index (χ1v) is 7.41. The highest BCUT2D eigenvalue weighted by atomic mass is 16.5. The third kappa shape index (κ3) is 4.20. The molecule has 21 heavy (non-hydrogen) atoms. The van der Waals surface area contributed by atoms with Crippen LogP contribution in [0.1, 0.15) is 25.3 Å². The van der Waals surface area contributed by atoms with Crippen molar-refractivity contribution in [1.82, 2.24) is 10.3 Å². The molecule has 0 saturated heterocycles. The van der Waals surface area contributed by atoms with Gasteiger partial charge in [0.1, 0.15) is 17.2 Å². The summed E-state index contributed by atoms with van der Waals surface area (Å²) in [7, 11) is 0. The van der Waals surface area contributed by atoms with Crippen LogP contribution in [-0.2, 0) is 6.54 Å². The summed E-state index contributed by atoms with van der Waals surface area (Å²) >= 11 is 0. The van der Waals surface area contributed by atoms with Crippen molar-refractivity contribution in [3.8, 4) is 17.2 Å². The van der Waals surface area contributed by atoms with Gasteiger partial charge in [0.2, 0.25) is 0 Å². The molecule has 1 heterocycles. The van der Waals surface area contributed by atoms with Crippen molar-refractivity contribution in [2.75, 3.05) is 6.61 Å². The lowest BCUT2D eigenvalue weighted by Crippen LogP contribution is -2.15. The summed E-state index contributed by atoms with van der Waals surface area (Å²) in [6.07, 6.45) is 6.18. The molecule has 1 aliphatic rings. The fourth-order valence-electron chi connectivity index (χ4n) is 2.07. The van der Waals surface area contributed by atoms with Crippen LogP contribution in [0, 0.1) is 0 Å². The van der Waals surface area contributed by atoms with Crippen molar-refractivity contribution in [3.63, 3.8) is 0 Å². The predicted molar refractivity (Wildman–Crippen MR) is 81.8 cm³/mol. The van der Waals surface area contributed by atoms with E-state index in [1.165, 1.54) is 12.8 Å². The van der Waals surface area contributed by atoms with Gasteiger partial charge in [-0.3, -0.25) is 4.98 Å². The molecular formula is C17H20N2O2. The molecular weight excluding hydrogens is 264 g/mol. The molecule has 1 fully saturated rings. The van der Waals surface area contributed by atoms with E-state index in [-0.39, 0.29) is 0 Å². The van der Waals surface area contributed by atoms with E-state index in [0.29, 0.717) is 12.6 Å². The maximum absolute atomic E-state index is 5.83. The lowest BCUT2D eigenvalue weighted by atomic mass is 10.2. The van der Waals surface area contributed by atoms with Gasteiger partial charge in [0.25, 0.3) is 0 Å². The Morgan fingerprint density at radius 2 is 1.86 bits per heavy atom. The summed E-state index contributed by atoms with van der Waals surface area (Å²) in [5.41, 5.74) is 1.14. The number of nitrogens with one attached hydrogen (secondary N) is 1. The Morgan fingerprint density at radius 3 is 2.57 bits per heavy atom. The monoisotopic (exact) mass is 284 g/mol. The van der Waals surface area contributed by atoms with E-state index in [1.54, 1.807) is 6.20 Å². The van der Waals surface area contributed by atoms with Crippen LogP contribution in [0.2, 0.25) is 0 Å². The van der Waals surface area contributed by atoms with Gasteiger partial charge in [0, 0.05) is 18.8 Å². The molecule has 1 aliphatic carbocycles. The quantitative estimate of drug-likeness (QED) is 0.844. The predicted octanol–water partition coefficient (Wildman–Crippen LogP) is 3.52. The Balaban J connectivity index is 1.61. The smallest absolute Gasteiger partial charge is 0.146 e. The summed E-state index contributed by atoms with van der Waals surface area (Å²) in [6.45, 7) is 3.48. The van der Waals surface area contributed by atoms with Gasteiger partial charge in [-0.05, 0) is 55.7 Å². The zero-order valence-electron chi connectivity index (χ0n) is 12.2. The van der Waals surface area contributed by atoms with E-state index >= 15 is 0 Å². The van der Waals surface area contributed by atoms with E-state index in [4.69, 9.17) is 9.47 Å². The molecule has 4 nitrogen and oxygen atoms in total. The standard InChI is InChI=1S/C17H20N2O2/c1-2-20-15-5-7-16(8-6-15)21-17-9-13(10-18-12-17)11-19-14-3-4-14/h5-10,12,14,19H,2-4,11H2,1H3. The summed E-state index contributed by atoms with van der Waals surface area (Å²) in [6, 6.07) is 10.3. The largest absolute Gasteiger partial charge is 0.494 e. The van der Waals surface area contributed by atoms with Gasteiger partial charge in [-0.15, -0.1) is 0 Å². The average Bonchev–Trinajstić information content (AvgIpc) is 3.32. The van der Waals surface area contributed by atoms with E-state index in [0.717, 1.165) is 29.4 Å². The van der Waals surface area contributed by atoms with Gasteiger partial charge in [-0.25, -0.2) is 0 Å².